The van der Waals surface area contributed by atoms with Crippen LogP contribution in [0.25, 0.3) is 21.9 Å². The fourth-order valence-electron chi connectivity index (χ4n) is 3.46. The van der Waals surface area contributed by atoms with Crippen molar-refractivity contribution in [3.63, 3.8) is 0 Å². The van der Waals surface area contributed by atoms with Crippen molar-refractivity contribution in [1.82, 2.24) is 19.9 Å². The predicted octanol–water partition coefficient (Wildman–Crippen LogP) is 2.56. The van der Waals surface area contributed by atoms with Crippen LogP contribution in [0, 0.1) is 0 Å². The van der Waals surface area contributed by atoms with E-state index in [9.17, 15) is 5.11 Å². The molecular formula is C17H20N4O. The normalized spacial score (nSPS) is 20.5. The number of hydrogen-bond acceptors (Lipinski definition) is 4. The van der Waals surface area contributed by atoms with Crippen LogP contribution in [0.4, 0.5) is 0 Å². The van der Waals surface area contributed by atoms with Crippen LogP contribution in [0.5, 0.6) is 0 Å². The van der Waals surface area contributed by atoms with Crippen molar-refractivity contribution in [3.8, 4) is 0 Å². The molecule has 1 aliphatic rings. The zero-order valence-corrected chi connectivity index (χ0v) is 12.7. The lowest BCUT2D eigenvalue weighted by Crippen LogP contribution is -2.32. The number of aliphatic hydroxyl groups excluding tert-OH is 1. The molecule has 0 spiro atoms. The molecule has 1 saturated heterocycles. The van der Waals surface area contributed by atoms with Crippen molar-refractivity contribution in [1.29, 1.82) is 0 Å². The van der Waals surface area contributed by atoms with Crippen LogP contribution in [-0.2, 0) is 0 Å². The molecule has 1 fully saturated rings. The number of pyridine rings is 1. The lowest BCUT2D eigenvalue weighted by Gasteiger charge is -2.27. The summed E-state index contributed by atoms with van der Waals surface area (Å²) in [5.41, 5.74) is 2.92. The van der Waals surface area contributed by atoms with E-state index < -0.39 is 6.10 Å². The SMILES string of the molecule is C[C@@H](O)c1nc2cnc3ccccc3c2n1[C@@H]1CCCNC1. The first-order valence-corrected chi connectivity index (χ1v) is 7.90. The third-order valence-corrected chi connectivity index (χ3v) is 4.46. The van der Waals surface area contributed by atoms with Gasteiger partial charge in [0, 0.05) is 18.0 Å². The summed E-state index contributed by atoms with van der Waals surface area (Å²) >= 11 is 0. The van der Waals surface area contributed by atoms with Crippen LogP contribution in [0.1, 0.15) is 37.7 Å². The molecule has 22 heavy (non-hydrogen) atoms. The van der Waals surface area contributed by atoms with Crippen molar-refractivity contribution in [2.45, 2.75) is 31.9 Å². The number of hydrogen-bond donors (Lipinski definition) is 2. The minimum atomic E-state index is -0.590. The standard InChI is InChI=1S/C17H20N4O/c1-11(22)17-20-15-10-19-14-7-3-2-6-13(14)16(15)21(17)12-5-4-8-18-9-12/h2-3,6-7,10-12,18,22H,4-5,8-9H2,1H3/t11-,12-/m1/s1. The van der Waals surface area contributed by atoms with Crippen molar-refractivity contribution >= 4 is 21.9 Å². The number of fused-ring (bicyclic) bond motifs is 3. The second kappa shape index (κ2) is 5.34. The lowest BCUT2D eigenvalue weighted by atomic mass is 10.1. The molecule has 2 N–H and O–H groups in total. The molecule has 114 valence electrons. The van der Waals surface area contributed by atoms with Gasteiger partial charge in [0.1, 0.15) is 17.4 Å². The maximum Gasteiger partial charge on any atom is 0.138 e. The minimum Gasteiger partial charge on any atom is -0.385 e. The van der Waals surface area contributed by atoms with Crippen molar-refractivity contribution in [3.05, 3.63) is 36.3 Å². The van der Waals surface area contributed by atoms with Gasteiger partial charge in [-0.05, 0) is 32.4 Å². The molecule has 0 radical (unpaired) electrons. The number of imidazole rings is 1. The second-order valence-electron chi connectivity index (χ2n) is 6.03. The molecule has 2 aromatic heterocycles. The Morgan fingerprint density at radius 2 is 2.18 bits per heavy atom. The Bertz CT molecular complexity index is 818. The van der Waals surface area contributed by atoms with E-state index in [2.05, 4.69) is 25.9 Å². The molecule has 5 nitrogen and oxygen atoms in total. The average Bonchev–Trinajstić information content (AvgIpc) is 2.96. The third kappa shape index (κ3) is 2.09. The summed E-state index contributed by atoms with van der Waals surface area (Å²) in [5, 5.41) is 14.7. The van der Waals surface area contributed by atoms with Gasteiger partial charge in [0.2, 0.25) is 0 Å². The number of nitrogens with one attached hydrogen (secondary N) is 1. The molecule has 3 aromatic rings. The Balaban J connectivity index is 2.04. The Morgan fingerprint density at radius 3 is 2.95 bits per heavy atom. The number of aliphatic hydroxyl groups is 1. The van der Waals surface area contributed by atoms with Gasteiger partial charge >= 0.3 is 0 Å². The average molecular weight is 296 g/mol. The minimum absolute atomic E-state index is 0.328. The van der Waals surface area contributed by atoms with Gasteiger partial charge in [0.25, 0.3) is 0 Å². The van der Waals surface area contributed by atoms with Crippen LogP contribution < -0.4 is 5.32 Å². The van der Waals surface area contributed by atoms with E-state index in [0.29, 0.717) is 6.04 Å². The number of piperidine rings is 1. The van der Waals surface area contributed by atoms with Crippen molar-refractivity contribution < 1.29 is 5.11 Å². The van der Waals surface area contributed by atoms with Gasteiger partial charge in [-0.15, -0.1) is 0 Å². The van der Waals surface area contributed by atoms with Gasteiger partial charge in [-0.25, -0.2) is 4.98 Å². The summed E-state index contributed by atoms with van der Waals surface area (Å²) < 4.78 is 2.23. The van der Waals surface area contributed by atoms with E-state index in [4.69, 9.17) is 0 Å². The first kappa shape index (κ1) is 13.7. The fraction of sp³-hybridized carbons (Fsp3) is 0.412. The summed E-state index contributed by atoms with van der Waals surface area (Å²) in [6, 6.07) is 8.47. The van der Waals surface area contributed by atoms with Gasteiger partial charge in [0.15, 0.2) is 0 Å². The number of aromatic nitrogens is 3. The highest BCUT2D eigenvalue weighted by Gasteiger charge is 2.24. The van der Waals surface area contributed by atoms with Crippen LogP contribution in [0.2, 0.25) is 0 Å². The fourth-order valence-corrected chi connectivity index (χ4v) is 3.46. The molecule has 0 aliphatic carbocycles. The molecule has 1 aromatic carbocycles. The van der Waals surface area contributed by atoms with E-state index in [1.165, 1.54) is 0 Å². The Kier molecular flexibility index (Phi) is 3.32. The highest BCUT2D eigenvalue weighted by atomic mass is 16.3. The Hall–Kier alpha value is -1.98. The van der Waals surface area contributed by atoms with E-state index in [-0.39, 0.29) is 0 Å². The summed E-state index contributed by atoms with van der Waals surface area (Å²) in [6.45, 7) is 3.76. The van der Waals surface area contributed by atoms with Crippen molar-refractivity contribution in [2.75, 3.05) is 13.1 Å². The zero-order valence-electron chi connectivity index (χ0n) is 12.7. The Labute approximate surface area is 129 Å². The van der Waals surface area contributed by atoms with Crippen LogP contribution in [0.3, 0.4) is 0 Å². The number of para-hydroxylation sites is 1. The summed E-state index contributed by atoms with van der Waals surface area (Å²) in [6.07, 6.45) is 3.48. The van der Waals surface area contributed by atoms with Crippen LogP contribution >= 0.6 is 0 Å². The monoisotopic (exact) mass is 296 g/mol. The quantitative estimate of drug-likeness (QED) is 0.763. The van der Waals surface area contributed by atoms with Crippen LogP contribution in [-0.4, -0.2) is 32.7 Å². The number of rotatable bonds is 2. The molecule has 0 bridgehead atoms. The van der Waals surface area contributed by atoms with Crippen molar-refractivity contribution in [2.24, 2.45) is 0 Å². The van der Waals surface area contributed by atoms with E-state index in [0.717, 1.165) is 53.7 Å². The van der Waals surface area contributed by atoms with E-state index in [1.54, 1.807) is 6.92 Å². The molecular weight excluding hydrogens is 276 g/mol. The molecule has 1 aliphatic heterocycles. The summed E-state index contributed by atoms with van der Waals surface area (Å²) in [4.78, 5) is 9.16. The molecule has 0 unspecified atom stereocenters. The van der Waals surface area contributed by atoms with Gasteiger partial charge in [0.05, 0.1) is 17.2 Å². The van der Waals surface area contributed by atoms with Gasteiger partial charge in [-0.2, -0.15) is 0 Å². The zero-order chi connectivity index (χ0) is 15.1. The predicted molar refractivity (Wildman–Crippen MR) is 86.8 cm³/mol. The summed E-state index contributed by atoms with van der Waals surface area (Å²) in [7, 11) is 0. The van der Waals surface area contributed by atoms with Gasteiger partial charge in [-0.1, -0.05) is 18.2 Å². The maximum atomic E-state index is 10.2. The number of nitrogens with zero attached hydrogens (tertiary/aromatic N) is 3. The topological polar surface area (TPSA) is 63.0 Å². The van der Waals surface area contributed by atoms with E-state index >= 15 is 0 Å². The molecule has 2 atom stereocenters. The van der Waals surface area contributed by atoms with Gasteiger partial charge < -0.3 is 15.0 Å². The highest BCUT2D eigenvalue weighted by molar-refractivity contribution is 6.02. The number of benzene rings is 1. The highest BCUT2D eigenvalue weighted by Crippen LogP contribution is 2.32. The first-order valence-electron chi connectivity index (χ1n) is 7.90. The largest absolute Gasteiger partial charge is 0.385 e. The molecule has 5 heteroatoms. The first-order chi connectivity index (χ1) is 10.8. The van der Waals surface area contributed by atoms with Crippen LogP contribution in [0.15, 0.2) is 30.5 Å². The lowest BCUT2D eigenvalue weighted by molar-refractivity contribution is 0.179. The second-order valence-corrected chi connectivity index (χ2v) is 6.03. The third-order valence-electron chi connectivity index (χ3n) is 4.46. The molecule has 0 saturated carbocycles. The van der Waals surface area contributed by atoms with Gasteiger partial charge in [-0.3, -0.25) is 4.98 Å². The molecule has 0 amide bonds. The molecule has 3 heterocycles. The molecule has 4 rings (SSSR count). The smallest absolute Gasteiger partial charge is 0.138 e. The van der Waals surface area contributed by atoms with E-state index in [1.807, 2.05) is 24.4 Å². The maximum absolute atomic E-state index is 10.2. The summed E-state index contributed by atoms with van der Waals surface area (Å²) in [5.74, 6) is 0.738. The Morgan fingerprint density at radius 1 is 1.32 bits per heavy atom.